The van der Waals surface area contributed by atoms with E-state index in [0.717, 1.165) is 17.0 Å². The molecule has 0 spiro atoms. The largest absolute Gasteiger partial charge is 0.469 e. The first-order valence-electron chi connectivity index (χ1n) is 7.79. The molecule has 0 radical (unpaired) electrons. The average molecular weight is 348 g/mol. The number of rotatable bonds is 5. The van der Waals surface area contributed by atoms with Gasteiger partial charge in [-0.25, -0.2) is 12.7 Å². The molecule has 0 unspecified atom stereocenters. The van der Waals surface area contributed by atoms with Crippen molar-refractivity contribution in [2.75, 3.05) is 25.0 Å². The van der Waals surface area contributed by atoms with Crippen LogP contribution in [-0.4, -0.2) is 38.8 Å². The first kappa shape index (κ1) is 16.7. The van der Waals surface area contributed by atoms with Crippen LogP contribution >= 0.6 is 0 Å². The molecule has 0 bridgehead atoms. The summed E-state index contributed by atoms with van der Waals surface area (Å²) in [6.45, 7) is 2.46. The van der Waals surface area contributed by atoms with Gasteiger partial charge in [-0.05, 0) is 42.3 Å². The Kier molecular flexibility index (Phi) is 4.47. The van der Waals surface area contributed by atoms with E-state index in [1.54, 1.807) is 42.5 Å². The summed E-state index contributed by atoms with van der Waals surface area (Å²) in [5, 5.41) is 0. The second-order valence-corrected chi connectivity index (χ2v) is 7.91. The smallest absolute Gasteiger partial charge is 0.242 e. The third-order valence-electron chi connectivity index (χ3n) is 4.29. The van der Waals surface area contributed by atoms with Crippen molar-refractivity contribution in [1.82, 2.24) is 4.31 Å². The normalized spacial score (nSPS) is 14.2. The van der Waals surface area contributed by atoms with Crippen LogP contribution in [0.25, 0.3) is 0 Å². The summed E-state index contributed by atoms with van der Waals surface area (Å²) in [7, 11) is -2.00. The second-order valence-electron chi connectivity index (χ2n) is 5.87. The van der Waals surface area contributed by atoms with Crippen LogP contribution in [0, 0.1) is 0 Å². The highest BCUT2D eigenvalue weighted by molar-refractivity contribution is 7.89. The highest BCUT2D eigenvalue weighted by Crippen LogP contribution is 2.31. The van der Waals surface area contributed by atoms with Gasteiger partial charge in [0.25, 0.3) is 0 Å². The van der Waals surface area contributed by atoms with E-state index < -0.39 is 10.0 Å². The van der Waals surface area contributed by atoms with Crippen LogP contribution in [0.3, 0.4) is 0 Å². The van der Waals surface area contributed by atoms with Gasteiger partial charge in [0.1, 0.15) is 5.76 Å². The predicted octanol–water partition coefficient (Wildman–Crippen LogP) is 2.05. The zero-order valence-corrected chi connectivity index (χ0v) is 14.5. The number of amides is 1. The summed E-state index contributed by atoms with van der Waals surface area (Å²) in [6, 6.07) is 8.57. The quantitative estimate of drug-likeness (QED) is 0.829. The van der Waals surface area contributed by atoms with Crippen LogP contribution in [0.15, 0.2) is 45.9 Å². The number of nitrogens with zero attached hydrogens (tertiary/aromatic N) is 2. The summed E-state index contributed by atoms with van der Waals surface area (Å²) >= 11 is 0. The number of carbonyl (C=O) groups excluding carboxylic acids is 1. The van der Waals surface area contributed by atoms with Crippen molar-refractivity contribution in [2.24, 2.45) is 0 Å². The third-order valence-corrected chi connectivity index (χ3v) is 6.14. The van der Waals surface area contributed by atoms with Crippen molar-refractivity contribution in [2.45, 2.75) is 24.7 Å². The maximum absolute atomic E-state index is 12.7. The number of likely N-dealkylation sites (N-methyl/N-ethyl adjacent to an activating group) is 1. The van der Waals surface area contributed by atoms with E-state index in [4.69, 9.17) is 4.42 Å². The van der Waals surface area contributed by atoms with Gasteiger partial charge in [-0.3, -0.25) is 4.79 Å². The van der Waals surface area contributed by atoms with Gasteiger partial charge in [-0.2, -0.15) is 0 Å². The number of fused-ring (bicyclic) bond motifs is 1. The van der Waals surface area contributed by atoms with Gasteiger partial charge in [-0.15, -0.1) is 0 Å². The molecular weight excluding hydrogens is 328 g/mol. The molecule has 1 amide bonds. The van der Waals surface area contributed by atoms with Gasteiger partial charge in [-0.1, -0.05) is 0 Å². The predicted molar refractivity (Wildman–Crippen MR) is 90.4 cm³/mol. The lowest BCUT2D eigenvalue weighted by atomic mass is 10.2. The van der Waals surface area contributed by atoms with Crippen LogP contribution < -0.4 is 4.90 Å². The lowest BCUT2D eigenvalue weighted by Gasteiger charge is -2.18. The van der Waals surface area contributed by atoms with E-state index >= 15 is 0 Å². The topological polar surface area (TPSA) is 70.8 Å². The fourth-order valence-corrected chi connectivity index (χ4v) is 4.11. The zero-order chi connectivity index (χ0) is 17.3. The summed E-state index contributed by atoms with van der Waals surface area (Å²) in [4.78, 5) is 13.5. The molecule has 128 valence electrons. The maximum atomic E-state index is 12.7. The third kappa shape index (κ3) is 3.09. The minimum absolute atomic E-state index is 0.0278. The number of hydrogen-bond acceptors (Lipinski definition) is 4. The monoisotopic (exact) mass is 348 g/mol. The molecule has 7 heteroatoms. The van der Waals surface area contributed by atoms with Crippen molar-refractivity contribution in [3.63, 3.8) is 0 Å². The zero-order valence-electron chi connectivity index (χ0n) is 13.7. The molecule has 1 aliphatic heterocycles. The van der Waals surface area contributed by atoms with E-state index in [1.807, 2.05) is 6.07 Å². The Balaban J connectivity index is 1.79. The van der Waals surface area contributed by atoms with E-state index in [0.29, 0.717) is 25.9 Å². The number of sulfonamides is 1. The number of anilines is 1. The minimum Gasteiger partial charge on any atom is -0.469 e. The molecule has 1 aliphatic rings. The van der Waals surface area contributed by atoms with Gasteiger partial charge in [0.2, 0.25) is 15.9 Å². The van der Waals surface area contributed by atoms with Crippen LogP contribution in [0.1, 0.15) is 18.2 Å². The van der Waals surface area contributed by atoms with E-state index in [-0.39, 0.29) is 10.8 Å². The first-order valence-corrected chi connectivity index (χ1v) is 9.23. The molecule has 3 rings (SSSR count). The SMILES string of the molecule is CC(=O)N1CCc2cc(S(=O)(=O)N(C)CCc3ccco3)ccc21. The Morgan fingerprint density at radius 2 is 2.12 bits per heavy atom. The molecule has 1 aromatic heterocycles. The molecule has 0 aliphatic carbocycles. The Morgan fingerprint density at radius 3 is 2.79 bits per heavy atom. The molecule has 0 atom stereocenters. The van der Waals surface area contributed by atoms with Crippen molar-refractivity contribution < 1.29 is 17.6 Å². The summed E-state index contributed by atoms with van der Waals surface area (Å²) in [6.07, 6.45) is 2.77. The van der Waals surface area contributed by atoms with Crippen molar-refractivity contribution in [1.29, 1.82) is 0 Å². The summed E-state index contributed by atoms with van der Waals surface area (Å²) < 4.78 is 32.0. The van der Waals surface area contributed by atoms with Crippen LogP contribution in [0.5, 0.6) is 0 Å². The first-order chi connectivity index (χ1) is 11.4. The van der Waals surface area contributed by atoms with Crippen molar-refractivity contribution in [3.05, 3.63) is 47.9 Å². The van der Waals surface area contributed by atoms with Gasteiger partial charge in [0, 0.05) is 39.2 Å². The van der Waals surface area contributed by atoms with Crippen LogP contribution in [-0.2, 0) is 27.7 Å². The summed E-state index contributed by atoms with van der Waals surface area (Å²) in [5.74, 6) is 0.725. The lowest BCUT2D eigenvalue weighted by Crippen LogP contribution is -2.29. The number of benzene rings is 1. The average Bonchev–Trinajstić information content (AvgIpc) is 3.20. The highest BCUT2D eigenvalue weighted by Gasteiger charge is 2.26. The van der Waals surface area contributed by atoms with Gasteiger partial charge >= 0.3 is 0 Å². The maximum Gasteiger partial charge on any atom is 0.242 e. The van der Waals surface area contributed by atoms with Gasteiger partial charge < -0.3 is 9.32 Å². The van der Waals surface area contributed by atoms with Crippen molar-refractivity contribution in [3.8, 4) is 0 Å². The van der Waals surface area contributed by atoms with E-state index in [2.05, 4.69) is 0 Å². The molecule has 24 heavy (non-hydrogen) atoms. The Hall–Kier alpha value is -2.12. The van der Waals surface area contributed by atoms with Crippen LogP contribution in [0.2, 0.25) is 0 Å². The number of furan rings is 1. The Bertz CT molecular complexity index is 843. The van der Waals surface area contributed by atoms with Gasteiger partial charge in [0.15, 0.2) is 0 Å². The molecule has 6 nitrogen and oxygen atoms in total. The molecule has 2 heterocycles. The molecule has 0 N–H and O–H groups in total. The second kappa shape index (κ2) is 6.41. The lowest BCUT2D eigenvalue weighted by molar-refractivity contribution is -0.116. The molecular formula is C17H20N2O4S. The number of carbonyl (C=O) groups is 1. The molecule has 0 fully saturated rings. The molecule has 0 saturated heterocycles. The minimum atomic E-state index is -3.56. The Morgan fingerprint density at radius 1 is 1.33 bits per heavy atom. The Labute approximate surface area is 141 Å². The van der Waals surface area contributed by atoms with E-state index in [1.165, 1.54) is 11.2 Å². The molecule has 0 saturated carbocycles. The fourth-order valence-electron chi connectivity index (χ4n) is 2.89. The summed E-state index contributed by atoms with van der Waals surface area (Å²) in [5.41, 5.74) is 1.70. The number of hydrogen-bond donors (Lipinski definition) is 0. The molecule has 1 aromatic carbocycles. The van der Waals surface area contributed by atoms with Gasteiger partial charge in [0.05, 0.1) is 11.2 Å². The van der Waals surface area contributed by atoms with E-state index in [9.17, 15) is 13.2 Å². The molecule has 2 aromatic rings. The van der Waals surface area contributed by atoms with Crippen LogP contribution in [0.4, 0.5) is 5.69 Å². The van der Waals surface area contributed by atoms with Crippen molar-refractivity contribution >= 4 is 21.6 Å². The fraction of sp³-hybridized carbons (Fsp3) is 0.353. The highest BCUT2D eigenvalue weighted by atomic mass is 32.2. The standard InChI is InChI=1S/C17H20N2O4S/c1-13(20)19-10-7-14-12-16(5-6-17(14)19)24(21,22)18(2)9-8-15-4-3-11-23-15/h3-6,11-12H,7-10H2,1-2H3.